The zero-order chi connectivity index (χ0) is 18.6. The summed E-state index contributed by atoms with van der Waals surface area (Å²) in [5.41, 5.74) is 7.02. The van der Waals surface area contributed by atoms with Crippen molar-refractivity contribution in [2.24, 2.45) is 5.73 Å². The summed E-state index contributed by atoms with van der Waals surface area (Å²) in [5, 5.41) is 8.81. The summed E-state index contributed by atoms with van der Waals surface area (Å²) in [6.07, 6.45) is 4.19. The van der Waals surface area contributed by atoms with Crippen molar-refractivity contribution in [2.75, 3.05) is 18.0 Å². The average Bonchev–Trinajstić information content (AvgIpc) is 2.96. The van der Waals surface area contributed by atoms with Crippen LogP contribution in [0.4, 0.5) is 5.82 Å². The molecule has 138 valence electrons. The van der Waals surface area contributed by atoms with Crippen molar-refractivity contribution in [1.29, 1.82) is 0 Å². The van der Waals surface area contributed by atoms with Crippen molar-refractivity contribution in [1.82, 2.24) is 19.7 Å². The lowest BCUT2D eigenvalue weighted by molar-refractivity contribution is 0.1000. The first kappa shape index (κ1) is 17.2. The largest absolute Gasteiger partial charge is 0.366 e. The minimum absolute atomic E-state index is 0.425. The molecule has 2 N–H and O–H groups in total. The quantitative estimate of drug-likeness (QED) is 0.745. The van der Waals surface area contributed by atoms with Gasteiger partial charge >= 0.3 is 0 Å². The van der Waals surface area contributed by atoms with Gasteiger partial charge in [0.25, 0.3) is 0 Å². The molecule has 0 fully saturated rings. The Kier molecular flexibility index (Phi) is 4.82. The van der Waals surface area contributed by atoms with E-state index in [0.717, 1.165) is 56.4 Å². The topological polar surface area (TPSA) is 89.9 Å². The number of fused-ring (bicyclic) bond motifs is 1. The minimum Gasteiger partial charge on any atom is -0.366 e. The molecule has 4 rings (SSSR count). The van der Waals surface area contributed by atoms with E-state index in [0.29, 0.717) is 5.56 Å². The molecule has 3 aromatic rings. The fraction of sp³-hybridized carbons (Fsp3) is 0.300. The highest BCUT2D eigenvalue weighted by Crippen LogP contribution is 2.17. The Balaban J connectivity index is 1.44. The van der Waals surface area contributed by atoms with Crippen LogP contribution in [-0.4, -0.2) is 38.7 Å². The first-order chi connectivity index (χ1) is 13.2. The lowest BCUT2D eigenvalue weighted by Gasteiger charge is -2.21. The van der Waals surface area contributed by atoms with E-state index in [-0.39, 0.29) is 0 Å². The molecule has 1 aliphatic rings. The lowest BCUT2D eigenvalue weighted by Crippen LogP contribution is -2.28. The fourth-order valence-corrected chi connectivity index (χ4v) is 3.42. The number of rotatable bonds is 5. The number of nitrogens with two attached hydrogens (primary N) is 1. The molecule has 7 nitrogen and oxygen atoms in total. The van der Waals surface area contributed by atoms with E-state index in [1.807, 2.05) is 12.1 Å². The van der Waals surface area contributed by atoms with Crippen LogP contribution in [0.15, 0.2) is 48.7 Å². The molecule has 2 aromatic heterocycles. The van der Waals surface area contributed by atoms with Crippen LogP contribution in [0, 0.1) is 0 Å². The van der Waals surface area contributed by atoms with Gasteiger partial charge in [-0.3, -0.25) is 4.79 Å². The van der Waals surface area contributed by atoms with Gasteiger partial charge in [0.15, 0.2) is 0 Å². The van der Waals surface area contributed by atoms with Crippen LogP contribution >= 0.6 is 0 Å². The van der Waals surface area contributed by atoms with Crippen LogP contribution in [0.5, 0.6) is 0 Å². The summed E-state index contributed by atoms with van der Waals surface area (Å²) in [4.78, 5) is 17.8. The van der Waals surface area contributed by atoms with Gasteiger partial charge in [-0.15, -0.1) is 10.2 Å². The van der Waals surface area contributed by atoms with Crippen molar-refractivity contribution in [3.63, 3.8) is 0 Å². The van der Waals surface area contributed by atoms with Gasteiger partial charge in [-0.05, 0) is 24.1 Å². The summed E-state index contributed by atoms with van der Waals surface area (Å²) in [6, 6.07) is 14.0. The third-order valence-electron chi connectivity index (χ3n) is 4.94. The number of hydrogen-bond donors (Lipinski definition) is 1. The first-order valence-corrected chi connectivity index (χ1v) is 9.16. The highest BCUT2D eigenvalue weighted by atomic mass is 16.1. The molecule has 0 aliphatic carbocycles. The monoisotopic (exact) mass is 362 g/mol. The van der Waals surface area contributed by atoms with Gasteiger partial charge < -0.3 is 15.2 Å². The second-order valence-electron chi connectivity index (χ2n) is 6.68. The summed E-state index contributed by atoms with van der Waals surface area (Å²) in [6.45, 7) is 2.47. The van der Waals surface area contributed by atoms with Crippen LogP contribution in [0.3, 0.4) is 0 Å². The third kappa shape index (κ3) is 3.81. The number of hydrogen-bond acceptors (Lipinski definition) is 5. The molecule has 0 atom stereocenters. The minimum atomic E-state index is -0.459. The maximum Gasteiger partial charge on any atom is 0.250 e. The number of benzene rings is 1. The van der Waals surface area contributed by atoms with Crippen molar-refractivity contribution in [3.05, 3.63) is 71.4 Å². The van der Waals surface area contributed by atoms with Crippen LogP contribution < -0.4 is 10.6 Å². The summed E-state index contributed by atoms with van der Waals surface area (Å²) in [7, 11) is 0. The van der Waals surface area contributed by atoms with E-state index in [9.17, 15) is 4.79 Å². The second-order valence-corrected chi connectivity index (χ2v) is 6.68. The van der Waals surface area contributed by atoms with Crippen molar-refractivity contribution in [3.8, 4) is 0 Å². The molecular weight excluding hydrogens is 340 g/mol. The zero-order valence-corrected chi connectivity index (χ0v) is 15.1. The van der Waals surface area contributed by atoms with Crippen LogP contribution in [-0.2, 0) is 25.8 Å². The summed E-state index contributed by atoms with van der Waals surface area (Å²) in [5.74, 6) is 2.45. The number of nitrogens with zero attached hydrogens (tertiary/aromatic N) is 5. The molecule has 0 spiro atoms. The molecule has 0 bridgehead atoms. The number of carbonyl (C=O) groups is 1. The SMILES string of the molecule is NC(=O)c1ccc(N2CCc3nnc(CCc4ccccc4)n3CC2)nc1. The smallest absolute Gasteiger partial charge is 0.250 e. The highest BCUT2D eigenvalue weighted by molar-refractivity contribution is 5.92. The Morgan fingerprint density at radius 1 is 1.00 bits per heavy atom. The number of aryl methyl sites for hydroxylation is 2. The van der Waals surface area contributed by atoms with Crippen molar-refractivity contribution < 1.29 is 4.79 Å². The predicted molar refractivity (Wildman–Crippen MR) is 103 cm³/mol. The van der Waals surface area contributed by atoms with Gasteiger partial charge in [0, 0.05) is 38.7 Å². The van der Waals surface area contributed by atoms with Gasteiger partial charge in [-0.2, -0.15) is 0 Å². The molecule has 27 heavy (non-hydrogen) atoms. The maximum atomic E-state index is 11.2. The standard InChI is InChI=1S/C20H22N6O/c21-20(27)16-7-9-17(22-14-16)25-11-10-19-24-23-18(26(19)13-12-25)8-6-15-4-2-1-3-5-15/h1-5,7,9,14H,6,8,10-13H2,(H2,21,27). The van der Waals surface area contributed by atoms with E-state index in [1.54, 1.807) is 6.07 Å². The highest BCUT2D eigenvalue weighted by Gasteiger charge is 2.19. The van der Waals surface area contributed by atoms with Gasteiger partial charge in [0.2, 0.25) is 5.91 Å². The van der Waals surface area contributed by atoms with Gasteiger partial charge in [0.1, 0.15) is 17.5 Å². The predicted octanol–water partition coefficient (Wildman–Crippen LogP) is 1.62. The molecule has 3 heterocycles. The molecule has 0 saturated heterocycles. The molecule has 1 amide bonds. The molecule has 1 aromatic carbocycles. The third-order valence-corrected chi connectivity index (χ3v) is 4.94. The Morgan fingerprint density at radius 2 is 1.85 bits per heavy atom. The molecule has 0 saturated carbocycles. The van der Waals surface area contributed by atoms with Crippen LogP contribution in [0.1, 0.15) is 27.6 Å². The molecular formula is C20H22N6O. The Bertz CT molecular complexity index is 919. The summed E-state index contributed by atoms with van der Waals surface area (Å²) >= 11 is 0. The molecule has 7 heteroatoms. The van der Waals surface area contributed by atoms with Crippen LogP contribution in [0.25, 0.3) is 0 Å². The van der Waals surface area contributed by atoms with Gasteiger partial charge in [-0.25, -0.2) is 4.98 Å². The number of carbonyl (C=O) groups excluding carboxylic acids is 1. The van der Waals surface area contributed by atoms with Gasteiger partial charge in [-0.1, -0.05) is 30.3 Å². The number of primary amides is 1. The van der Waals surface area contributed by atoms with Gasteiger partial charge in [0.05, 0.1) is 5.56 Å². The van der Waals surface area contributed by atoms with E-state index >= 15 is 0 Å². The first-order valence-electron chi connectivity index (χ1n) is 9.16. The van der Waals surface area contributed by atoms with E-state index in [4.69, 9.17) is 5.73 Å². The number of aromatic nitrogens is 4. The second kappa shape index (κ2) is 7.57. The number of amides is 1. The average molecular weight is 362 g/mol. The van der Waals surface area contributed by atoms with E-state index < -0.39 is 5.91 Å². The van der Waals surface area contributed by atoms with Crippen molar-refractivity contribution >= 4 is 11.7 Å². The fourth-order valence-electron chi connectivity index (χ4n) is 3.42. The van der Waals surface area contributed by atoms with E-state index in [2.05, 4.69) is 48.9 Å². The Morgan fingerprint density at radius 3 is 2.59 bits per heavy atom. The number of anilines is 1. The van der Waals surface area contributed by atoms with Crippen LogP contribution in [0.2, 0.25) is 0 Å². The molecule has 0 radical (unpaired) electrons. The zero-order valence-electron chi connectivity index (χ0n) is 15.1. The molecule has 1 aliphatic heterocycles. The van der Waals surface area contributed by atoms with E-state index in [1.165, 1.54) is 11.8 Å². The maximum absolute atomic E-state index is 11.2. The lowest BCUT2D eigenvalue weighted by atomic mass is 10.1. The molecule has 0 unspecified atom stereocenters. The van der Waals surface area contributed by atoms with Crippen molar-refractivity contribution in [2.45, 2.75) is 25.8 Å². The summed E-state index contributed by atoms with van der Waals surface area (Å²) < 4.78 is 2.24. The normalized spacial score (nSPS) is 13.9. The Hall–Kier alpha value is -3.22. The number of pyridine rings is 1. The Labute approximate surface area is 157 Å².